The fraction of sp³-hybridized carbons (Fsp3) is 0.429. The second-order valence-corrected chi connectivity index (χ2v) is 5.43. The van der Waals surface area contributed by atoms with Crippen molar-refractivity contribution < 1.29 is 19.1 Å². The second-order valence-electron chi connectivity index (χ2n) is 4.32. The predicted octanol–water partition coefficient (Wildman–Crippen LogP) is 2.22. The lowest BCUT2D eigenvalue weighted by molar-refractivity contribution is -0.137. The first-order chi connectivity index (χ1) is 10.1. The van der Waals surface area contributed by atoms with Gasteiger partial charge in [0.1, 0.15) is 5.82 Å². The van der Waals surface area contributed by atoms with E-state index in [9.17, 15) is 14.0 Å². The number of amides is 2. The van der Waals surface area contributed by atoms with Crippen LogP contribution in [0.4, 0.5) is 9.18 Å². The molecule has 0 bridgehead atoms. The maximum absolute atomic E-state index is 13.3. The van der Waals surface area contributed by atoms with Crippen LogP contribution in [0.2, 0.25) is 0 Å². The average Bonchev–Trinajstić information content (AvgIpc) is 2.45. The smallest absolute Gasteiger partial charge is 0.314 e. The molecule has 0 unspecified atom stereocenters. The van der Waals surface area contributed by atoms with Gasteiger partial charge in [0.15, 0.2) is 0 Å². The molecule has 3 N–H and O–H groups in total. The molecule has 0 radical (unpaired) electrons. The van der Waals surface area contributed by atoms with E-state index in [1.54, 1.807) is 18.2 Å². The number of benzene rings is 1. The number of thioether (sulfide) groups is 1. The summed E-state index contributed by atoms with van der Waals surface area (Å²) in [5.41, 5.74) is 0.653. The van der Waals surface area contributed by atoms with Crippen molar-refractivity contribution in [3.63, 3.8) is 0 Å². The molecule has 0 spiro atoms. The number of halogens is 1. The molecule has 0 aromatic heterocycles. The summed E-state index contributed by atoms with van der Waals surface area (Å²) in [6.45, 7) is 0.810. The number of rotatable bonds is 9. The van der Waals surface area contributed by atoms with Gasteiger partial charge in [0.2, 0.25) is 0 Å². The molecule has 0 fully saturated rings. The van der Waals surface area contributed by atoms with Crippen molar-refractivity contribution in [1.82, 2.24) is 10.6 Å². The van der Waals surface area contributed by atoms with Gasteiger partial charge in [0.25, 0.3) is 0 Å². The molecular weight excluding hydrogens is 295 g/mol. The Morgan fingerprint density at radius 3 is 2.62 bits per heavy atom. The number of carbonyl (C=O) groups is 2. The normalized spacial score (nSPS) is 10.1. The molecule has 0 aliphatic rings. The summed E-state index contributed by atoms with van der Waals surface area (Å²) in [4.78, 5) is 21.6. The number of hydrogen-bond acceptors (Lipinski definition) is 3. The van der Waals surface area contributed by atoms with Crippen LogP contribution in [0.15, 0.2) is 24.3 Å². The Kier molecular flexibility index (Phi) is 8.27. The van der Waals surface area contributed by atoms with E-state index in [2.05, 4.69) is 10.6 Å². The third-order valence-corrected chi connectivity index (χ3v) is 3.61. The molecule has 7 heteroatoms. The van der Waals surface area contributed by atoms with E-state index in [1.807, 2.05) is 0 Å². The first kappa shape index (κ1) is 17.3. The summed E-state index contributed by atoms with van der Waals surface area (Å²) >= 11 is 1.53. The maximum atomic E-state index is 13.3. The molecule has 1 aromatic carbocycles. The van der Waals surface area contributed by atoms with Gasteiger partial charge in [-0.3, -0.25) is 4.79 Å². The minimum Gasteiger partial charge on any atom is -0.481 e. The molecule has 0 aliphatic heterocycles. The van der Waals surface area contributed by atoms with E-state index in [0.29, 0.717) is 36.6 Å². The van der Waals surface area contributed by atoms with Crippen LogP contribution in [0.25, 0.3) is 0 Å². The number of carbonyl (C=O) groups excluding carboxylic acids is 1. The van der Waals surface area contributed by atoms with E-state index < -0.39 is 5.97 Å². The summed E-state index contributed by atoms with van der Waals surface area (Å²) in [7, 11) is 0. The van der Waals surface area contributed by atoms with Gasteiger partial charge in [-0.05, 0) is 18.1 Å². The molecule has 21 heavy (non-hydrogen) atoms. The highest BCUT2D eigenvalue weighted by molar-refractivity contribution is 7.98. The molecule has 0 aliphatic carbocycles. The summed E-state index contributed by atoms with van der Waals surface area (Å²) in [5, 5.41) is 13.7. The number of aliphatic carboxylic acids is 1. The van der Waals surface area contributed by atoms with Gasteiger partial charge < -0.3 is 15.7 Å². The zero-order chi connectivity index (χ0) is 15.5. The Labute approximate surface area is 127 Å². The minimum absolute atomic E-state index is 0.0404. The van der Waals surface area contributed by atoms with Crippen molar-refractivity contribution in [2.45, 2.75) is 18.6 Å². The molecule has 0 atom stereocenters. The van der Waals surface area contributed by atoms with Crippen molar-refractivity contribution in [1.29, 1.82) is 0 Å². The Morgan fingerprint density at radius 2 is 1.90 bits per heavy atom. The van der Waals surface area contributed by atoms with Crippen LogP contribution in [0, 0.1) is 5.82 Å². The van der Waals surface area contributed by atoms with E-state index in [4.69, 9.17) is 5.11 Å². The Balaban J connectivity index is 2.02. The Morgan fingerprint density at radius 1 is 1.19 bits per heavy atom. The van der Waals surface area contributed by atoms with Crippen molar-refractivity contribution >= 4 is 23.8 Å². The average molecular weight is 314 g/mol. The fourth-order valence-electron chi connectivity index (χ4n) is 1.54. The lowest BCUT2D eigenvalue weighted by Crippen LogP contribution is -2.37. The monoisotopic (exact) mass is 314 g/mol. The van der Waals surface area contributed by atoms with Crippen LogP contribution < -0.4 is 10.6 Å². The standard InChI is InChI=1S/C14H19FN2O3S/c15-12-5-2-1-4-11(12)10-21-9-8-17-14(20)16-7-3-6-13(18)19/h1-2,4-5H,3,6-10H2,(H,18,19)(H2,16,17,20). The van der Waals surface area contributed by atoms with Gasteiger partial charge in [-0.15, -0.1) is 0 Å². The predicted molar refractivity (Wildman–Crippen MR) is 80.8 cm³/mol. The third kappa shape index (κ3) is 8.19. The van der Waals surface area contributed by atoms with Crippen molar-refractivity contribution in [3.8, 4) is 0 Å². The summed E-state index contributed by atoms with van der Waals surface area (Å²) in [6.07, 6.45) is 0.448. The quantitative estimate of drug-likeness (QED) is 0.611. The molecule has 5 nitrogen and oxygen atoms in total. The Hall–Kier alpha value is -1.76. The summed E-state index contributed by atoms with van der Waals surface area (Å²) in [5.74, 6) is 0.154. The molecule has 0 heterocycles. The van der Waals surface area contributed by atoms with Crippen LogP contribution in [-0.2, 0) is 10.5 Å². The van der Waals surface area contributed by atoms with Gasteiger partial charge in [-0.2, -0.15) is 11.8 Å². The SMILES string of the molecule is O=C(O)CCCNC(=O)NCCSCc1ccccc1F. The first-order valence-electron chi connectivity index (χ1n) is 6.64. The van der Waals surface area contributed by atoms with Gasteiger partial charge in [-0.25, -0.2) is 9.18 Å². The van der Waals surface area contributed by atoms with Gasteiger partial charge >= 0.3 is 12.0 Å². The fourth-order valence-corrected chi connectivity index (χ4v) is 2.38. The lowest BCUT2D eigenvalue weighted by Gasteiger charge is -2.07. The first-order valence-corrected chi connectivity index (χ1v) is 7.79. The second kappa shape index (κ2) is 10.0. The number of urea groups is 1. The van der Waals surface area contributed by atoms with Crippen LogP contribution in [0.5, 0.6) is 0 Å². The third-order valence-electron chi connectivity index (χ3n) is 2.60. The van der Waals surface area contributed by atoms with E-state index >= 15 is 0 Å². The molecule has 0 saturated carbocycles. The highest BCUT2D eigenvalue weighted by atomic mass is 32.2. The van der Waals surface area contributed by atoms with Gasteiger partial charge in [-0.1, -0.05) is 18.2 Å². The van der Waals surface area contributed by atoms with Gasteiger partial charge in [0, 0.05) is 31.0 Å². The summed E-state index contributed by atoms with van der Waals surface area (Å²) < 4.78 is 13.3. The number of hydrogen-bond donors (Lipinski definition) is 3. The van der Waals surface area contributed by atoms with E-state index in [-0.39, 0.29) is 18.3 Å². The van der Waals surface area contributed by atoms with Crippen molar-refractivity contribution in [3.05, 3.63) is 35.6 Å². The van der Waals surface area contributed by atoms with Crippen LogP contribution in [0.3, 0.4) is 0 Å². The number of nitrogens with one attached hydrogen (secondary N) is 2. The van der Waals surface area contributed by atoms with Crippen LogP contribution in [0.1, 0.15) is 18.4 Å². The summed E-state index contributed by atoms with van der Waals surface area (Å²) in [6, 6.07) is 6.30. The van der Waals surface area contributed by atoms with Gasteiger partial charge in [0.05, 0.1) is 0 Å². The topological polar surface area (TPSA) is 78.4 Å². The molecule has 116 valence electrons. The zero-order valence-corrected chi connectivity index (χ0v) is 12.4. The highest BCUT2D eigenvalue weighted by Gasteiger charge is 2.02. The van der Waals surface area contributed by atoms with Crippen molar-refractivity contribution in [2.24, 2.45) is 0 Å². The lowest BCUT2D eigenvalue weighted by atomic mass is 10.2. The van der Waals surface area contributed by atoms with Crippen LogP contribution >= 0.6 is 11.8 Å². The molecule has 1 aromatic rings. The van der Waals surface area contributed by atoms with E-state index in [1.165, 1.54) is 17.8 Å². The molecule has 1 rings (SSSR count). The Bertz CT molecular complexity index is 471. The van der Waals surface area contributed by atoms with Crippen LogP contribution in [-0.4, -0.2) is 35.9 Å². The van der Waals surface area contributed by atoms with Crippen molar-refractivity contribution in [2.75, 3.05) is 18.8 Å². The van der Waals surface area contributed by atoms with E-state index in [0.717, 1.165) is 0 Å². The number of carboxylic acids is 1. The largest absolute Gasteiger partial charge is 0.481 e. The maximum Gasteiger partial charge on any atom is 0.314 e. The minimum atomic E-state index is -0.873. The molecule has 2 amide bonds. The zero-order valence-electron chi connectivity index (χ0n) is 11.6. The highest BCUT2D eigenvalue weighted by Crippen LogP contribution is 2.14. The number of carboxylic acid groups (broad SMARTS) is 1. The molecule has 0 saturated heterocycles. The molecular formula is C14H19FN2O3S.